The molecular formula is C23H14Cl2F4N4O3. The third kappa shape index (κ3) is 4.71. The first kappa shape index (κ1) is 25.4. The quantitative estimate of drug-likeness (QED) is 0.260. The fourth-order valence-electron chi connectivity index (χ4n) is 3.57. The minimum atomic E-state index is -4.66. The van der Waals surface area contributed by atoms with E-state index in [9.17, 15) is 32.3 Å². The van der Waals surface area contributed by atoms with E-state index in [2.05, 4.69) is 15.3 Å². The molecule has 0 fully saturated rings. The van der Waals surface area contributed by atoms with Gasteiger partial charge in [0.05, 0.1) is 28.2 Å². The van der Waals surface area contributed by atoms with Crippen molar-refractivity contribution in [1.82, 2.24) is 14.5 Å². The van der Waals surface area contributed by atoms with Crippen LogP contribution in [0.3, 0.4) is 0 Å². The van der Waals surface area contributed by atoms with Crippen molar-refractivity contribution in [3.63, 3.8) is 0 Å². The van der Waals surface area contributed by atoms with Gasteiger partial charge in [0.25, 0.3) is 11.5 Å². The number of carbonyl (C=O) groups is 1. The number of fused-ring (bicyclic) bond motifs is 1. The third-order valence-corrected chi connectivity index (χ3v) is 5.84. The molecule has 2 N–H and O–H groups in total. The van der Waals surface area contributed by atoms with Crippen molar-refractivity contribution in [3.05, 3.63) is 91.5 Å². The molecule has 4 rings (SSSR count). The van der Waals surface area contributed by atoms with Crippen molar-refractivity contribution in [1.29, 1.82) is 0 Å². The van der Waals surface area contributed by atoms with Crippen LogP contribution >= 0.6 is 23.2 Å². The normalized spacial score (nSPS) is 11.6. The number of pyridine rings is 1. The van der Waals surface area contributed by atoms with Gasteiger partial charge in [-0.1, -0.05) is 41.4 Å². The van der Waals surface area contributed by atoms with Crippen molar-refractivity contribution in [3.8, 4) is 5.75 Å². The van der Waals surface area contributed by atoms with Crippen LogP contribution in [0.15, 0.2) is 47.3 Å². The van der Waals surface area contributed by atoms with Gasteiger partial charge in [-0.25, -0.2) is 14.4 Å². The molecule has 0 spiro atoms. The van der Waals surface area contributed by atoms with Crippen molar-refractivity contribution in [2.75, 3.05) is 5.32 Å². The molecule has 0 saturated carbocycles. The molecule has 0 bridgehead atoms. The van der Waals surface area contributed by atoms with E-state index in [1.807, 2.05) is 0 Å². The number of benzene rings is 2. The van der Waals surface area contributed by atoms with Crippen LogP contribution in [0, 0.1) is 12.7 Å². The summed E-state index contributed by atoms with van der Waals surface area (Å²) in [5.41, 5.74) is -2.88. The number of aromatic hydroxyl groups is 1. The minimum absolute atomic E-state index is 0.0365. The average Bonchev–Trinajstić information content (AvgIpc) is 2.81. The second kappa shape index (κ2) is 9.40. The molecule has 0 saturated heterocycles. The Hall–Kier alpha value is -3.70. The molecule has 0 unspecified atom stereocenters. The lowest BCUT2D eigenvalue weighted by molar-refractivity contribution is -0.138. The molecule has 0 aliphatic heterocycles. The second-order valence-electron chi connectivity index (χ2n) is 7.61. The monoisotopic (exact) mass is 540 g/mol. The molecule has 2 aromatic heterocycles. The van der Waals surface area contributed by atoms with Gasteiger partial charge in [0.15, 0.2) is 10.9 Å². The molecule has 7 nitrogen and oxygen atoms in total. The number of hydrogen-bond donors (Lipinski definition) is 2. The zero-order valence-electron chi connectivity index (χ0n) is 18.1. The Morgan fingerprint density at radius 1 is 1.14 bits per heavy atom. The lowest BCUT2D eigenvalue weighted by atomic mass is 10.1. The Morgan fingerprint density at radius 3 is 2.50 bits per heavy atom. The van der Waals surface area contributed by atoms with Gasteiger partial charge in [0, 0.05) is 0 Å². The van der Waals surface area contributed by atoms with Crippen LogP contribution in [0.4, 0.5) is 23.2 Å². The molecule has 0 atom stereocenters. The molecule has 4 aromatic rings. The fraction of sp³-hybridized carbons (Fsp3) is 0.130. The van der Waals surface area contributed by atoms with Crippen molar-refractivity contribution >= 4 is 45.7 Å². The second-order valence-corrected chi connectivity index (χ2v) is 8.37. The van der Waals surface area contributed by atoms with Gasteiger partial charge in [-0.15, -0.1) is 0 Å². The Kier molecular flexibility index (Phi) is 6.63. The lowest BCUT2D eigenvalue weighted by Crippen LogP contribution is -2.27. The molecule has 1 amide bonds. The number of anilines is 1. The fourth-order valence-corrected chi connectivity index (χ4v) is 4.01. The van der Waals surface area contributed by atoms with Gasteiger partial charge >= 0.3 is 6.18 Å². The highest BCUT2D eigenvalue weighted by Crippen LogP contribution is 2.33. The summed E-state index contributed by atoms with van der Waals surface area (Å²) in [5.74, 6) is -2.35. The molecule has 0 aliphatic rings. The Balaban J connectivity index is 1.83. The number of aromatic nitrogens is 3. The first-order valence-electron chi connectivity index (χ1n) is 10.1. The summed E-state index contributed by atoms with van der Waals surface area (Å²) in [4.78, 5) is 33.9. The zero-order valence-corrected chi connectivity index (χ0v) is 19.6. The Morgan fingerprint density at radius 2 is 1.83 bits per heavy atom. The van der Waals surface area contributed by atoms with E-state index >= 15 is 0 Å². The van der Waals surface area contributed by atoms with Crippen molar-refractivity contribution in [2.24, 2.45) is 0 Å². The first-order chi connectivity index (χ1) is 16.9. The predicted octanol–water partition coefficient (Wildman–Crippen LogP) is 5.57. The smallest absolute Gasteiger partial charge is 0.416 e. The summed E-state index contributed by atoms with van der Waals surface area (Å²) in [7, 11) is 0. The summed E-state index contributed by atoms with van der Waals surface area (Å²) in [6.45, 7) is 0.851. The van der Waals surface area contributed by atoms with Gasteiger partial charge in [0.1, 0.15) is 22.9 Å². The Bertz CT molecular complexity index is 1570. The van der Waals surface area contributed by atoms with Crippen LogP contribution < -0.4 is 10.9 Å². The van der Waals surface area contributed by atoms with E-state index in [0.29, 0.717) is 0 Å². The minimum Gasteiger partial charge on any atom is -0.504 e. The highest BCUT2D eigenvalue weighted by Gasteiger charge is 2.33. The number of aryl methyl sites for hydroxylation is 1. The maximum Gasteiger partial charge on any atom is 0.416 e. The molecule has 36 heavy (non-hydrogen) atoms. The molecule has 2 heterocycles. The molecule has 0 aliphatic carbocycles. The number of amides is 1. The van der Waals surface area contributed by atoms with Gasteiger partial charge in [-0.3, -0.25) is 14.2 Å². The summed E-state index contributed by atoms with van der Waals surface area (Å²) in [5, 5.41) is 11.0. The SMILES string of the molecule is Cc1nc2c(F)ccc(NC(=O)c3cc(Cl)c(O)c(Cl)n3)c2c(=O)n1Cc1ccccc1C(F)(F)F. The van der Waals surface area contributed by atoms with Gasteiger partial charge in [-0.2, -0.15) is 13.2 Å². The zero-order chi connectivity index (χ0) is 26.4. The molecular weight excluding hydrogens is 527 g/mol. The van der Waals surface area contributed by atoms with E-state index in [1.54, 1.807) is 0 Å². The summed E-state index contributed by atoms with van der Waals surface area (Å²) in [6, 6.07) is 7.82. The largest absolute Gasteiger partial charge is 0.504 e. The van der Waals surface area contributed by atoms with Gasteiger partial charge in [-0.05, 0) is 36.8 Å². The van der Waals surface area contributed by atoms with Crippen LogP contribution in [0.1, 0.15) is 27.4 Å². The van der Waals surface area contributed by atoms with E-state index in [0.717, 1.165) is 28.8 Å². The van der Waals surface area contributed by atoms with Crippen molar-refractivity contribution < 1.29 is 27.5 Å². The van der Waals surface area contributed by atoms with E-state index in [-0.39, 0.29) is 38.7 Å². The van der Waals surface area contributed by atoms with E-state index < -0.39 is 46.5 Å². The summed E-state index contributed by atoms with van der Waals surface area (Å²) < 4.78 is 55.9. The van der Waals surface area contributed by atoms with E-state index in [1.165, 1.54) is 25.1 Å². The number of halogens is 6. The van der Waals surface area contributed by atoms with E-state index in [4.69, 9.17) is 23.2 Å². The number of alkyl halides is 3. The molecule has 0 radical (unpaired) electrons. The highest BCUT2D eigenvalue weighted by atomic mass is 35.5. The number of rotatable bonds is 4. The number of nitrogens with one attached hydrogen (secondary N) is 1. The lowest BCUT2D eigenvalue weighted by Gasteiger charge is -2.17. The summed E-state index contributed by atoms with van der Waals surface area (Å²) in [6.07, 6.45) is -4.66. The highest BCUT2D eigenvalue weighted by molar-refractivity contribution is 6.36. The van der Waals surface area contributed by atoms with Crippen molar-refractivity contribution in [2.45, 2.75) is 19.6 Å². The first-order valence-corrected chi connectivity index (χ1v) is 10.8. The number of nitrogens with zero attached hydrogens (tertiary/aromatic N) is 3. The summed E-state index contributed by atoms with van der Waals surface area (Å²) >= 11 is 11.6. The Labute approximate surface area is 209 Å². The third-order valence-electron chi connectivity index (χ3n) is 5.29. The number of carbonyl (C=O) groups excluding carboxylic acids is 1. The predicted molar refractivity (Wildman–Crippen MR) is 125 cm³/mol. The average molecular weight is 541 g/mol. The number of hydrogen-bond acceptors (Lipinski definition) is 5. The maximum absolute atomic E-state index is 14.6. The van der Waals surface area contributed by atoms with Crippen LogP contribution in [0.25, 0.3) is 10.9 Å². The molecule has 2 aromatic carbocycles. The molecule has 186 valence electrons. The topological polar surface area (TPSA) is 97.1 Å². The van der Waals surface area contributed by atoms with Crippen LogP contribution in [-0.4, -0.2) is 25.5 Å². The maximum atomic E-state index is 14.6. The van der Waals surface area contributed by atoms with Crippen LogP contribution in [0.5, 0.6) is 5.75 Å². The molecule has 13 heteroatoms. The van der Waals surface area contributed by atoms with Gasteiger partial charge < -0.3 is 10.4 Å². The van der Waals surface area contributed by atoms with Crippen LogP contribution in [-0.2, 0) is 12.7 Å². The van der Waals surface area contributed by atoms with Gasteiger partial charge in [0.2, 0.25) is 0 Å². The standard InChI is InChI=1S/C23H14Cl2F4N4O3/c1-10-30-18-14(26)6-7-15(32-21(35)16-8-13(24)19(34)20(25)31-16)17(18)22(36)33(10)9-11-4-2-3-5-12(11)23(27,28)29/h2-8,34H,9H2,1H3,(H,32,35). The van der Waals surface area contributed by atoms with Crippen LogP contribution in [0.2, 0.25) is 10.2 Å².